The topological polar surface area (TPSA) is 55.6 Å². The van der Waals surface area contributed by atoms with Gasteiger partial charge in [0.05, 0.1) is 19.2 Å². The Bertz CT molecular complexity index is 1240. The van der Waals surface area contributed by atoms with E-state index in [2.05, 4.69) is 4.98 Å². The van der Waals surface area contributed by atoms with E-state index in [1.54, 1.807) is 31.4 Å². The van der Waals surface area contributed by atoms with Crippen molar-refractivity contribution in [1.82, 2.24) is 9.88 Å². The number of amides is 1. The molecule has 0 fully saturated rings. The Hall–Kier alpha value is -3.74. The quantitative estimate of drug-likeness (QED) is 0.425. The number of ether oxygens (including phenoxy) is 1. The van der Waals surface area contributed by atoms with Crippen LogP contribution >= 0.6 is 0 Å². The minimum absolute atomic E-state index is 0.00541. The maximum Gasteiger partial charge on any atom is 0.257 e. The summed E-state index contributed by atoms with van der Waals surface area (Å²) in [6.07, 6.45) is 0. The van der Waals surface area contributed by atoms with E-state index >= 15 is 0 Å². The molecule has 7 heteroatoms. The Labute approximate surface area is 177 Å². The second-order valence-corrected chi connectivity index (χ2v) is 7.19. The molecule has 1 amide bonds. The zero-order valence-corrected chi connectivity index (χ0v) is 17.1. The first-order valence-corrected chi connectivity index (χ1v) is 9.67. The van der Waals surface area contributed by atoms with Crippen molar-refractivity contribution in [2.45, 2.75) is 20.0 Å². The van der Waals surface area contributed by atoms with Crippen molar-refractivity contribution in [2.24, 2.45) is 0 Å². The van der Waals surface area contributed by atoms with Crippen LogP contribution in [0.25, 0.3) is 11.1 Å². The highest BCUT2D eigenvalue weighted by Crippen LogP contribution is 2.22. The molecule has 0 spiro atoms. The molecule has 4 aromatic rings. The lowest BCUT2D eigenvalue weighted by molar-refractivity contribution is 0.0709. The summed E-state index contributed by atoms with van der Waals surface area (Å²) in [5.74, 6) is -1.94. The molecule has 0 aliphatic heterocycles. The number of carbonyl (C=O) groups is 1. The van der Waals surface area contributed by atoms with Crippen molar-refractivity contribution in [2.75, 3.05) is 7.11 Å². The summed E-state index contributed by atoms with van der Waals surface area (Å²) in [6.45, 7) is 2.09. The molecule has 0 saturated heterocycles. The Balaban J connectivity index is 1.68. The number of benzene rings is 3. The Morgan fingerprint density at radius 1 is 1.06 bits per heavy atom. The van der Waals surface area contributed by atoms with Crippen LogP contribution in [0, 0.1) is 18.6 Å². The highest BCUT2D eigenvalue weighted by Gasteiger charge is 2.23. The largest absolute Gasteiger partial charge is 0.497 e. The normalized spacial score (nSPS) is 11.0. The van der Waals surface area contributed by atoms with Gasteiger partial charge in [0.2, 0.25) is 5.89 Å². The number of hydrogen-bond acceptors (Lipinski definition) is 4. The molecule has 0 saturated carbocycles. The van der Waals surface area contributed by atoms with Crippen molar-refractivity contribution in [3.05, 3.63) is 94.9 Å². The molecule has 1 aromatic heterocycles. The monoisotopic (exact) mass is 422 g/mol. The van der Waals surface area contributed by atoms with Gasteiger partial charge in [0, 0.05) is 6.54 Å². The Kier molecular flexibility index (Phi) is 5.66. The highest BCUT2D eigenvalue weighted by molar-refractivity contribution is 5.94. The van der Waals surface area contributed by atoms with Gasteiger partial charge in [-0.25, -0.2) is 13.8 Å². The van der Waals surface area contributed by atoms with Crippen LogP contribution in [-0.2, 0) is 13.1 Å². The Morgan fingerprint density at radius 2 is 1.84 bits per heavy atom. The molecule has 4 rings (SSSR count). The van der Waals surface area contributed by atoms with E-state index in [1.807, 2.05) is 25.1 Å². The number of methoxy groups -OCH3 is 1. The second-order valence-electron chi connectivity index (χ2n) is 7.19. The number of aryl methyl sites for hydroxylation is 1. The molecule has 0 atom stereocenters. The number of nitrogens with zero attached hydrogens (tertiary/aromatic N) is 2. The number of aromatic nitrogens is 1. The maximum atomic E-state index is 14.3. The van der Waals surface area contributed by atoms with Crippen molar-refractivity contribution in [1.29, 1.82) is 0 Å². The summed E-state index contributed by atoms with van der Waals surface area (Å²) in [5, 5.41) is 0. The maximum absolute atomic E-state index is 14.3. The van der Waals surface area contributed by atoms with Gasteiger partial charge in [-0.05, 0) is 54.4 Å². The van der Waals surface area contributed by atoms with Gasteiger partial charge in [-0.2, -0.15) is 0 Å². The van der Waals surface area contributed by atoms with Gasteiger partial charge in [0.1, 0.15) is 11.3 Å². The third kappa shape index (κ3) is 4.40. The van der Waals surface area contributed by atoms with Crippen molar-refractivity contribution in [3.8, 4) is 5.75 Å². The molecule has 0 bridgehead atoms. The van der Waals surface area contributed by atoms with Gasteiger partial charge in [0.15, 0.2) is 17.2 Å². The Morgan fingerprint density at radius 3 is 2.58 bits per heavy atom. The third-order valence-electron chi connectivity index (χ3n) is 4.92. The molecule has 0 aliphatic carbocycles. The molecular formula is C24H20F2N2O3. The summed E-state index contributed by atoms with van der Waals surface area (Å²) >= 11 is 0. The van der Waals surface area contributed by atoms with Crippen molar-refractivity contribution < 1.29 is 22.7 Å². The molecule has 158 valence electrons. The first kappa shape index (κ1) is 20.5. The minimum Gasteiger partial charge on any atom is -0.497 e. The number of hydrogen-bond donors (Lipinski definition) is 0. The molecule has 0 N–H and O–H groups in total. The summed E-state index contributed by atoms with van der Waals surface area (Å²) in [4.78, 5) is 19.0. The fraction of sp³-hybridized carbons (Fsp3) is 0.167. The summed E-state index contributed by atoms with van der Waals surface area (Å²) in [6, 6.07) is 16.3. The van der Waals surface area contributed by atoms with E-state index in [4.69, 9.17) is 9.15 Å². The first-order valence-electron chi connectivity index (χ1n) is 9.67. The van der Waals surface area contributed by atoms with Gasteiger partial charge in [0.25, 0.3) is 5.91 Å². The van der Waals surface area contributed by atoms with E-state index in [1.165, 1.54) is 17.0 Å². The van der Waals surface area contributed by atoms with Crippen LogP contribution in [-0.4, -0.2) is 22.9 Å². The number of oxazole rings is 1. The van der Waals surface area contributed by atoms with Crippen molar-refractivity contribution >= 4 is 17.0 Å². The van der Waals surface area contributed by atoms with E-state index in [0.717, 1.165) is 17.2 Å². The van der Waals surface area contributed by atoms with Crippen LogP contribution in [0.5, 0.6) is 5.75 Å². The third-order valence-corrected chi connectivity index (χ3v) is 4.92. The van der Waals surface area contributed by atoms with Gasteiger partial charge in [-0.3, -0.25) is 4.79 Å². The van der Waals surface area contributed by atoms with Crippen LogP contribution in [0.4, 0.5) is 8.78 Å². The number of fused-ring (bicyclic) bond motifs is 1. The van der Waals surface area contributed by atoms with Crippen LogP contribution in [0.15, 0.2) is 65.1 Å². The fourth-order valence-electron chi connectivity index (χ4n) is 3.31. The van der Waals surface area contributed by atoms with Crippen LogP contribution in [0.2, 0.25) is 0 Å². The van der Waals surface area contributed by atoms with E-state index < -0.39 is 17.5 Å². The van der Waals surface area contributed by atoms with Gasteiger partial charge >= 0.3 is 0 Å². The zero-order valence-electron chi connectivity index (χ0n) is 17.1. The predicted molar refractivity (Wildman–Crippen MR) is 112 cm³/mol. The van der Waals surface area contributed by atoms with E-state index in [9.17, 15) is 13.6 Å². The molecule has 1 heterocycles. The smallest absolute Gasteiger partial charge is 0.257 e. The summed E-state index contributed by atoms with van der Waals surface area (Å²) < 4.78 is 39.0. The lowest BCUT2D eigenvalue weighted by Gasteiger charge is -2.22. The van der Waals surface area contributed by atoms with Crippen LogP contribution in [0.1, 0.15) is 27.4 Å². The lowest BCUT2D eigenvalue weighted by atomic mass is 10.1. The standard InChI is InChI=1S/C24H20F2N2O3/c1-15-6-11-21-20(12-15)27-22(31-21)14-28(13-16-7-9-17(30-2)10-8-16)24(29)18-4-3-5-19(25)23(18)26/h3-12H,13-14H2,1-2H3. The number of halogens is 2. The molecule has 3 aromatic carbocycles. The molecule has 31 heavy (non-hydrogen) atoms. The lowest BCUT2D eigenvalue weighted by Crippen LogP contribution is -2.31. The molecule has 0 aliphatic rings. The SMILES string of the molecule is COc1ccc(CN(Cc2nc3cc(C)ccc3o2)C(=O)c2cccc(F)c2F)cc1. The van der Waals surface area contributed by atoms with Gasteiger partial charge in [-0.15, -0.1) is 0 Å². The average Bonchev–Trinajstić information content (AvgIpc) is 3.16. The fourth-order valence-corrected chi connectivity index (χ4v) is 3.31. The second kappa shape index (κ2) is 8.55. The molecule has 5 nitrogen and oxygen atoms in total. The highest BCUT2D eigenvalue weighted by atomic mass is 19.2. The van der Waals surface area contributed by atoms with E-state index in [-0.39, 0.29) is 18.7 Å². The molecule has 0 radical (unpaired) electrons. The number of carbonyl (C=O) groups excluding carboxylic acids is 1. The van der Waals surface area contributed by atoms with Crippen LogP contribution < -0.4 is 4.74 Å². The van der Waals surface area contributed by atoms with Gasteiger partial charge in [-0.1, -0.05) is 24.3 Å². The first-order chi connectivity index (χ1) is 14.9. The molecule has 0 unspecified atom stereocenters. The summed E-state index contributed by atoms with van der Waals surface area (Å²) in [7, 11) is 1.56. The van der Waals surface area contributed by atoms with Gasteiger partial charge < -0.3 is 14.1 Å². The molecular weight excluding hydrogens is 402 g/mol. The zero-order chi connectivity index (χ0) is 22.0. The summed E-state index contributed by atoms with van der Waals surface area (Å²) in [5.41, 5.74) is 2.73. The van der Waals surface area contributed by atoms with Crippen LogP contribution in [0.3, 0.4) is 0 Å². The van der Waals surface area contributed by atoms with Crippen molar-refractivity contribution in [3.63, 3.8) is 0 Å². The predicted octanol–water partition coefficient (Wildman–Crippen LogP) is 5.27. The minimum atomic E-state index is -1.18. The number of rotatable bonds is 6. The van der Waals surface area contributed by atoms with E-state index in [0.29, 0.717) is 22.7 Å². The average molecular weight is 422 g/mol.